The number of carbonyl (C=O) groups excluding carboxylic acids is 1. The Labute approximate surface area is 125 Å². The van der Waals surface area contributed by atoms with Gasteiger partial charge in [0.1, 0.15) is 0 Å². The standard InChI is InChI=1S/C18H21NO2/c1-3-14-5-4-6-15(9-14)11-18(21)19-17-10-16(12-20)8-7-13(17)2/h4-10,20H,3,11-12H2,1-2H3,(H,19,21). The largest absolute Gasteiger partial charge is 0.392 e. The van der Waals surface area contributed by atoms with Crippen molar-refractivity contribution in [3.63, 3.8) is 0 Å². The van der Waals surface area contributed by atoms with Crippen LogP contribution in [0.2, 0.25) is 0 Å². The summed E-state index contributed by atoms with van der Waals surface area (Å²) >= 11 is 0. The van der Waals surface area contributed by atoms with Gasteiger partial charge in [0, 0.05) is 5.69 Å². The molecule has 0 aliphatic carbocycles. The van der Waals surface area contributed by atoms with E-state index in [1.807, 2.05) is 37.3 Å². The van der Waals surface area contributed by atoms with E-state index >= 15 is 0 Å². The number of hydrogen-bond donors (Lipinski definition) is 2. The zero-order valence-corrected chi connectivity index (χ0v) is 12.5. The lowest BCUT2D eigenvalue weighted by atomic mass is 10.1. The van der Waals surface area contributed by atoms with Gasteiger partial charge in [-0.15, -0.1) is 0 Å². The van der Waals surface area contributed by atoms with Gasteiger partial charge >= 0.3 is 0 Å². The number of rotatable bonds is 5. The maximum atomic E-state index is 12.2. The van der Waals surface area contributed by atoms with Gasteiger partial charge in [0.15, 0.2) is 0 Å². The second-order valence-corrected chi connectivity index (χ2v) is 5.21. The van der Waals surface area contributed by atoms with Crippen LogP contribution < -0.4 is 5.32 Å². The molecular weight excluding hydrogens is 262 g/mol. The van der Waals surface area contributed by atoms with Crippen molar-refractivity contribution in [2.45, 2.75) is 33.3 Å². The highest BCUT2D eigenvalue weighted by Gasteiger charge is 2.07. The second-order valence-electron chi connectivity index (χ2n) is 5.21. The molecule has 0 saturated heterocycles. The van der Waals surface area contributed by atoms with E-state index in [-0.39, 0.29) is 12.5 Å². The van der Waals surface area contributed by atoms with Crippen LogP contribution in [0.15, 0.2) is 42.5 Å². The SMILES string of the molecule is CCc1cccc(CC(=O)Nc2cc(CO)ccc2C)c1. The average molecular weight is 283 g/mol. The van der Waals surface area contributed by atoms with Crippen LogP contribution >= 0.6 is 0 Å². The number of aliphatic hydroxyl groups excluding tert-OH is 1. The Kier molecular flexibility index (Phi) is 5.12. The third kappa shape index (κ3) is 4.17. The Balaban J connectivity index is 2.07. The fourth-order valence-corrected chi connectivity index (χ4v) is 2.24. The topological polar surface area (TPSA) is 49.3 Å². The molecule has 110 valence electrons. The molecule has 0 aliphatic heterocycles. The number of benzene rings is 2. The summed E-state index contributed by atoms with van der Waals surface area (Å²) in [6, 6.07) is 13.7. The van der Waals surface area contributed by atoms with Crippen molar-refractivity contribution in [2.24, 2.45) is 0 Å². The van der Waals surface area contributed by atoms with E-state index in [9.17, 15) is 4.79 Å². The average Bonchev–Trinajstić information content (AvgIpc) is 2.49. The Hall–Kier alpha value is -2.13. The fraction of sp³-hybridized carbons (Fsp3) is 0.278. The Morgan fingerprint density at radius 1 is 1.10 bits per heavy atom. The molecule has 0 aliphatic rings. The van der Waals surface area contributed by atoms with E-state index in [0.717, 1.165) is 28.8 Å². The lowest BCUT2D eigenvalue weighted by molar-refractivity contribution is -0.115. The smallest absolute Gasteiger partial charge is 0.228 e. The summed E-state index contributed by atoms with van der Waals surface area (Å²) in [4.78, 5) is 12.2. The molecule has 0 bridgehead atoms. The van der Waals surface area contributed by atoms with Gasteiger partial charge in [0.2, 0.25) is 5.91 Å². The maximum Gasteiger partial charge on any atom is 0.228 e. The number of amides is 1. The van der Waals surface area contributed by atoms with E-state index < -0.39 is 0 Å². The Morgan fingerprint density at radius 2 is 1.86 bits per heavy atom. The molecule has 3 heteroatoms. The maximum absolute atomic E-state index is 12.2. The van der Waals surface area contributed by atoms with Crippen molar-refractivity contribution < 1.29 is 9.90 Å². The normalized spacial score (nSPS) is 10.4. The van der Waals surface area contributed by atoms with Gasteiger partial charge in [-0.25, -0.2) is 0 Å². The minimum Gasteiger partial charge on any atom is -0.392 e. The summed E-state index contributed by atoms with van der Waals surface area (Å²) in [5.74, 6) is -0.0403. The summed E-state index contributed by atoms with van der Waals surface area (Å²) in [7, 11) is 0. The fourth-order valence-electron chi connectivity index (χ4n) is 2.24. The highest BCUT2D eigenvalue weighted by Crippen LogP contribution is 2.17. The van der Waals surface area contributed by atoms with Crippen LogP contribution in [-0.2, 0) is 24.2 Å². The predicted molar refractivity (Wildman–Crippen MR) is 85.3 cm³/mol. The van der Waals surface area contributed by atoms with Crippen LogP contribution in [0.4, 0.5) is 5.69 Å². The summed E-state index contributed by atoms with van der Waals surface area (Å²) in [5, 5.41) is 12.1. The van der Waals surface area contributed by atoms with Crippen molar-refractivity contribution in [2.75, 3.05) is 5.32 Å². The highest BCUT2D eigenvalue weighted by atomic mass is 16.3. The molecule has 1 amide bonds. The van der Waals surface area contributed by atoms with E-state index in [1.54, 1.807) is 0 Å². The molecule has 0 saturated carbocycles. The third-order valence-electron chi connectivity index (χ3n) is 3.52. The zero-order chi connectivity index (χ0) is 15.2. The van der Waals surface area contributed by atoms with Gasteiger partial charge in [0.25, 0.3) is 0 Å². The monoisotopic (exact) mass is 283 g/mol. The number of aryl methyl sites for hydroxylation is 2. The van der Waals surface area contributed by atoms with Crippen LogP contribution in [0.5, 0.6) is 0 Å². The minimum absolute atomic E-state index is 0.0261. The lowest BCUT2D eigenvalue weighted by Gasteiger charge is -2.10. The van der Waals surface area contributed by atoms with E-state index in [0.29, 0.717) is 6.42 Å². The minimum atomic E-state index is -0.0403. The molecular formula is C18H21NO2. The van der Waals surface area contributed by atoms with E-state index in [1.165, 1.54) is 5.56 Å². The molecule has 2 N–H and O–H groups in total. The Morgan fingerprint density at radius 3 is 2.57 bits per heavy atom. The van der Waals surface area contributed by atoms with Crippen molar-refractivity contribution in [3.05, 3.63) is 64.7 Å². The number of hydrogen-bond acceptors (Lipinski definition) is 2. The molecule has 2 aromatic rings. The van der Waals surface area contributed by atoms with Gasteiger partial charge in [-0.1, -0.05) is 43.3 Å². The van der Waals surface area contributed by atoms with Crippen molar-refractivity contribution >= 4 is 11.6 Å². The molecule has 2 rings (SSSR count). The predicted octanol–water partition coefficient (Wildman–Crippen LogP) is 3.23. The van der Waals surface area contributed by atoms with Gasteiger partial charge in [0.05, 0.1) is 13.0 Å². The van der Waals surface area contributed by atoms with Crippen LogP contribution in [-0.4, -0.2) is 11.0 Å². The Bertz CT molecular complexity index is 635. The number of nitrogens with one attached hydrogen (secondary N) is 1. The first-order valence-corrected chi connectivity index (χ1v) is 7.20. The molecule has 0 fully saturated rings. The molecule has 0 aromatic heterocycles. The first-order valence-electron chi connectivity index (χ1n) is 7.20. The van der Waals surface area contributed by atoms with Crippen LogP contribution in [0.25, 0.3) is 0 Å². The van der Waals surface area contributed by atoms with Crippen molar-refractivity contribution in [1.82, 2.24) is 0 Å². The van der Waals surface area contributed by atoms with Gasteiger partial charge in [-0.05, 0) is 41.7 Å². The molecule has 3 nitrogen and oxygen atoms in total. The number of carbonyl (C=O) groups is 1. The first kappa shape index (κ1) is 15.3. The second kappa shape index (κ2) is 7.04. The van der Waals surface area contributed by atoms with Gasteiger partial charge in [-0.2, -0.15) is 0 Å². The quantitative estimate of drug-likeness (QED) is 0.885. The lowest BCUT2D eigenvalue weighted by Crippen LogP contribution is -2.15. The molecule has 2 aromatic carbocycles. The molecule has 0 radical (unpaired) electrons. The summed E-state index contributed by atoms with van der Waals surface area (Å²) < 4.78 is 0. The number of aliphatic hydroxyl groups is 1. The molecule has 0 spiro atoms. The van der Waals surface area contributed by atoms with Gasteiger partial charge in [-0.3, -0.25) is 4.79 Å². The summed E-state index contributed by atoms with van der Waals surface area (Å²) in [6.45, 7) is 4.01. The molecule has 0 unspecified atom stereocenters. The van der Waals surface area contributed by atoms with Crippen molar-refractivity contribution in [1.29, 1.82) is 0 Å². The van der Waals surface area contributed by atoms with Crippen molar-refractivity contribution in [3.8, 4) is 0 Å². The third-order valence-corrected chi connectivity index (χ3v) is 3.52. The molecule has 0 atom stereocenters. The molecule has 21 heavy (non-hydrogen) atoms. The van der Waals surface area contributed by atoms with Crippen LogP contribution in [0.3, 0.4) is 0 Å². The van der Waals surface area contributed by atoms with Crippen LogP contribution in [0.1, 0.15) is 29.2 Å². The first-order chi connectivity index (χ1) is 10.1. The molecule has 0 heterocycles. The van der Waals surface area contributed by atoms with Gasteiger partial charge < -0.3 is 10.4 Å². The zero-order valence-electron chi connectivity index (χ0n) is 12.5. The van der Waals surface area contributed by atoms with E-state index in [2.05, 4.69) is 24.4 Å². The van der Waals surface area contributed by atoms with Crippen LogP contribution in [0, 0.1) is 6.92 Å². The summed E-state index contributed by atoms with van der Waals surface area (Å²) in [6.07, 6.45) is 1.32. The summed E-state index contributed by atoms with van der Waals surface area (Å²) in [5.41, 5.74) is 4.80. The number of anilines is 1. The highest BCUT2D eigenvalue weighted by molar-refractivity contribution is 5.93. The van der Waals surface area contributed by atoms with E-state index in [4.69, 9.17) is 5.11 Å².